The average molecular weight is 422 g/mol. The van der Waals surface area contributed by atoms with Crippen molar-refractivity contribution < 1.29 is 33.4 Å². The molecule has 1 unspecified atom stereocenters. The van der Waals surface area contributed by atoms with E-state index in [1.807, 2.05) is 0 Å². The minimum Gasteiger partial charge on any atom is -0.468 e. The normalized spacial score (nSPS) is 26.4. The van der Waals surface area contributed by atoms with E-state index in [-0.39, 0.29) is 17.3 Å². The van der Waals surface area contributed by atoms with Crippen molar-refractivity contribution in [2.75, 3.05) is 20.8 Å². The van der Waals surface area contributed by atoms with Crippen LogP contribution in [-0.2, 0) is 33.4 Å². The van der Waals surface area contributed by atoms with E-state index in [1.54, 1.807) is 13.8 Å². The number of nitrogens with zero attached hydrogens (tertiary/aromatic N) is 1. The minimum absolute atomic E-state index is 0.0459. The second-order valence-corrected chi connectivity index (χ2v) is 7.77. The van der Waals surface area contributed by atoms with Crippen LogP contribution in [0.15, 0.2) is 16.3 Å². The van der Waals surface area contributed by atoms with Gasteiger partial charge in [-0.2, -0.15) is 0 Å². The van der Waals surface area contributed by atoms with E-state index in [4.69, 9.17) is 14.2 Å². The first kappa shape index (κ1) is 23.6. The third kappa shape index (κ3) is 5.25. The molecular weight excluding hydrogens is 392 g/mol. The third-order valence-corrected chi connectivity index (χ3v) is 5.75. The Morgan fingerprint density at radius 3 is 2.27 bits per heavy atom. The summed E-state index contributed by atoms with van der Waals surface area (Å²) < 4.78 is 14.8. The molecule has 0 aromatic heterocycles. The Morgan fingerprint density at radius 2 is 1.67 bits per heavy atom. The van der Waals surface area contributed by atoms with Gasteiger partial charge in [0.1, 0.15) is 11.8 Å². The number of aliphatic imine (C=N–C) groups is 1. The topological polar surface area (TPSA) is 120 Å². The summed E-state index contributed by atoms with van der Waals surface area (Å²) in [6, 6.07) is 0.0459. The van der Waals surface area contributed by atoms with Crippen LogP contribution in [0.1, 0.15) is 46.5 Å². The van der Waals surface area contributed by atoms with E-state index >= 15 is 0 Å². The molecule has 9 heteroatoms. The molecule has 1 saturated carbocycles. The smallest absolute Gasteiger partial charge is 0.336 e. The molecule has 9 nitrogen and oxygen atoms in total. The second kappa shape index (κ2) is 10.4. The van der Waals surface area contributed by atoms with Crippen LogP contribution >= 0.6 is 0 Å². The van der Waals surface area contributed by atoms with E-state index in [1.165, 1.54) is 14.2 Å². The van der Waals surface area contributed by atoms with E-state index < -0.39 is 42.3 Å². The van der Waals surface area contributed by atoms with E-state index in [0.29, 0.717) is 11.6 Å². The molecule has 1 aliphatic heterocycles. The van der Waals surface area contributed by atoms with Crippen LogP contribution in [0.25, 0.3) is 0 Å². The van der Waals surface area contributed by atoms with E-state index in [9.17, 15) is 19.2 Å². The maximum Gasteiger partial charge on any atom is 0.336 e. The van der Waals surface area contributed by atoms with Gasteiger partial charge in [0.25, 0.3) is 5.91 Å². The molecule has 4 atom stereocenters. The maximum absolute atomic E-state index is 12.9. The van der Waals surface area contributed by atoms with Gasteiger partial charge in [0.15, 0.2) is 6.61 Å². The fourth-order valence-corrected chi connectivity index (χ4v) is 4.10. The summed E-state index contributed by atoms with van der Waals surface area (Å²) in [5.74, 6) is -4.90. The van der Waals surface area contributed by atoms with Crippen molar-refractivity contribution in [3.63, 3.8) is 0 Å². The zero-order valence-electron chi connectivity index (χ0n) is 18.1. The van der Waals surface area contributed by atoms with Gasteiger partial charge in [0.05, 0.1) is 19.8 Å². The number of methoxy groups -OCH3 is 2. The Morgan fingerprint density at radius 1 is 1.00 bits per heavy atom. The minimum atomic E-state index is -1.30. The molecule has 0 saturated heterocycles. The predicted octanol–water partition coefficient (Wildman–Crippen LogP) is 1.55. The fourth-order valence-electron chi connectivity index (χ4n) is 4.10. The average Bonchev–Trinajstić information content (AvgIpc) is 2.72. The molecule has 166 valence electrons. The van der Waals surface area contributed by atoms with Crippen LogP contribution in [0, 0.1) is 17.8 Å². The number of hydrogen-bond acceptors (Lipinski definition) is 8. The van der Waals surface area contributed by atoms with Crippen LogP contribution in [0.5, 0.6) is 0 Å². The Kier molecular flexibility index (Phi) is 8.14. The van der Waals surface area contributed by atoms with Gasteiger partial charge in [0, 0.05) is 17.5 Å². The number of esters is 3. The summed E-state index contributed by atoms with van der Waals surface area (Å²) >= 11 is 0. The van der Waals surface area contributed by atoms with Crippen LogP contribution < -0.4 is 5.32 Å². The largest absolute Gasteiger partial charge is 0.468 e. The molecule has 1 N–H and O–H groups in total. The number of carbonyl (C=O) groups excluding carboxylic acids is 4. The lowest BCUT2D eigenvalue weighted by molar-refractivity contribution is -0.158. The van der Waals surface area contributed by atoms with E-state index in [0.717, 1.165) is 25.7 Å². The summed E-state index contributed by atoms with van der Waals surface area (Å²) in [5, 5.41) is 2.90. The third-order valence-electron chi connectivity index (χ3n) is 5.75. The van der Waals surface area contributed by atoms with Gasteiger partial charge in [-0.05, 0) is 32.6 Å². The van der Waals surface area contributed by atoms with Crippen molar-refractivity contribution in [1.29, 1.82) is 0 Å². The van der Waals surface area contributed by atoms with Gasteiger partial charge in [-0.1, -0.05) is 19.8 Å². The lowest BCUT2D eigenvalue weighted by atomic mass is 9.80. The molecule has 0 radical (unpaired) electrons. The quantitative estimate of drug-likeness (QED) is 0.509. The SMILES string of the molecule is COC(=O)C1=C(C)N=C(C)C(C(=O)OC)[C@H]1C(=O)OCC(=O)N[C@H]1CCCC[C@@H]1C. The number of rotatable bonds is 6. The number of hydrogen-bond donors (Lipinski definition) is 1. The standard InChI is InChI=1S/C21H30N2O7/c1-11-8-6-7-9-14(11)23-15(24)10-30-21(27)18-16(19(25)28-4)12(2)22-13(3)17(18)20(26)29-5/h11,14,16,18H,6-10H2,1-5H3,(H,23,24)/t11-,14-,16?,18+/m0/s1. The highest BCUT2D eigenvalue weighted by Gasteiger charge is 2.46. The monoisotopic (exact) mass is 422 g/mol. The molecule has 1 heterocycles. The van der Waals surface area contributed by atoms with Gasteiger partial charge in [-0.3, -0.25) is 19.4 Å². The molecule has 0 aromatic rings. The summed E-state index contributed by atoms with van der Waals surface area (Å²) in [7, 11) is 2.35. The van der Waals surface area contributed by atoms with Crippen LogP contribution in [0.3, 0.4) is 0 Å². The summed E-state index contributed by atoms with van der Waals surface area (Å²) in [5.41, 5.74) is 0.487. The van der Waals surface area contributed by atoms with Crippen LogP contribution in [-0.4, -0.2) is 56.4 Å². The summed E-state index contributed by atoms with van der Waals surface area (Å²) in [6.07, 6.45) is 4.11. The second-order valence-electron chi connectivity index (χ2n) is 7.77. The van der Waals surface area contributed by atoms with Gasteiger partial charge in [-0.25, -0.2) is 4.79 Å². The highest BCUT2D eigenvalue weighted by atomic mass is 16.5. The van der Waals surface area contributed by atoms with Crippen molar-refractivity contribution in [2.24, 2.45) is 22.7 Å². The van der Waals surface area contributed by atoms with Gasteiger partial charge in [-0.15, -0.1) is 0 Å². The first-order chi connectivity index (χ1) is 14.2. The molecule has 0 bridgehead atoms. The van der Waals surface area contributed by atoms with Crippen molar-refractivity contribution in [1.82, 2.24) is 5.32 Å². The van der Waals surface area contributed by atoms with Gasteiger partial charge >= 0.3 is 17.9 Å². The molecule has 0 aromatic carbocycles. The molecule has 2 rings (SSSR count). The van der Waals surface area contributed by atoms with Crippen LogP contribution in [0.2, 0.25) is 0 Å². The molecular formula is C21H30N2O7. The molecule has 30 heavy (non-hydrogen) atoms. The van der Waals surface area contributed by atoms with E-state index in [2.05, 4.69) is 17.2 Å². The van der Waals surface area contributed by atoms with Crippen molar-refractivity contribution in [3.8, 4) is 0 Å². The Balaban J connectivity index is 2.16. The predicted molar refractivity (Wildman–Crippen MR) is 107 cm³/mol. The Labute approximate surface area is 176 Å². The number of amides is 1. The molecule has 1 amide bonds. The van der Waals surface area contributed by atoms with Crippen LogP contribution in [0.4, 0.5) is 0 Å². The Bertz CT molecular complexity index is 771. The summed E-state index contributed by atoms with van der Waals surface area (Å²) in [4.78, 5) is 54.0. The highest BCUT2D eigenvalue weighted by molar-refractivity contribution is 6.10. The fraction of sp³-hybridized carbons (Fsp3) is 0.667. The first-order valence-electron chi connectivity index (χ1n) is 10.1. The zero-order chi connectivity index (χ0) is 22.4. The Hall–Kier alpha value is -2.71. The number of ether oxygens (including phenoxy) is 3. The number of nitrogens with one attached hydrogen (secondary N) is 1. The lowest BCUT2D eigenvalue weighted by Crippen LogP contribution is -2.45. The van der Waals surface area contributed by atoms with Gasteiger partial charge in [0.2, 0.25) is 0 Å². The molecule has 2 aliphatic rings. The molecule has 0 spiro atoms. The number of allylic oxidation sites excluding steroid dienone is 1. The lowest BCUT2D eigenvalue weighted by Gasteiger charge is -2.30. The van der Waals surface area contributed by atoms with Crippen molar-refractivity contribution in [2.45, 2.75) is 52.5 Å². The molecule has 1 fully saturated rings. The molecule has 1 aliphatic carbocycles. The number of carbonyl (C=O) groups is 4. The zero-order valence-corrected chi connectivity index (χ0v) is 18.1. The summed E-state index contributed by atoms with van der Waals surface area (Å²) in [6.45, 7) is 4.69. The first-order valence-corrected chi connectivity index (χ1v) is 10.1. The highest BCUT2D eigenvalue weighted by Crippen LogP contribution is 2.33. The van der Waals surface area contributed by atoms with Crippen molar-refractivity contribution in [3.05, 3.63) is 11.3 Å². The van der Waals surface area contributed by atoms with Crippen molar-refractivity contribution >= 4 is 29.5 Å². The maximum atomic E-state index is 12.9. The van der Waals surface area contributed by atoms with Gasteiger partial charge < -0.3 is 19.5 Å².